The van der Waals surface area contributed by atoms with Gasteiger partial charge in [0.2, 0.25) is 5.70 Å². The first-order valence-corrected chi connectivity index (χ1v) is 7.20. The van der Waals surface area contributed by atoms with Gasteiger partial charge in [-0.15, -0.1) is 4.59 Å². The summed E-state index contributed by atoms with van der Waals surface area (Å²) in [5.74, 6) is 6.28. The smallest absolute Gasteiger partial charge is 0.407 e. The molecule has 0 aromatic carbocycles. The van der Waals surface area contributed by atoms with E-state index in [0.29, 0.717) is 17.0 Å². The zero-order valence-corrected chi connectivity index (χ0v) is 12.3. The Labute approximate surface area is 124 Å². The Morgan fingerprint density at radius 3 is 3.10 bits per heavy atom. The Morgan fingerprint density at radius 1 is 1.55 bits per heavy atom. The van der Waals surface area contributed by atoms with Crippen LogP contribution >= 0.6 is 15.9 Å². The molecular weight excluding hydrogens is 326 g/mol. The van der Waals surface area contributed by atoms with Crippen molar-refractivity contribution in [1.29, 1.82) is 0 Å². The maximum atomic E-state index is 11.4. The number of likely N-dealkylation sites (tertiary alicyclic amines) is 1. The first-order valence-electron chi connectivity index (χ1n) is 6.41. The molecule has 0 bridgehead atoms. The van der Waals surface area contributed by atoms with Gasteiger partial charge in [-0.2, -0.15) is 10.8 Å². The van der Waals surface area contributed by atoms with Crippen molar-refractivity contribution < 1.29 is 14.5 Å². The summed E-state index contributed by atoms with van der Waals surface area (Å²) in [6.45, 7) is 0.529. The molecule has 1 amide bonds. The first-order chi connectivity index (χ1) is 9.54. The Hall–Kier alpha value is -1.51. The third-order valence-corrected chi connectivity index (χ3v) is 4.59. The van der Waals surface area contributed by atoms with Crippen molar-refractivity contribution in [2.45, 2.75) is 25.3 Å². The minimum Gasteiger partial charge on any atom is -0.465 e. The molecule has 1 saturated heterocycles. The van der Waals surface area contributed by atoms with Crippen molar-refractivity contribution in [3.63, 3.8) is 0 Å². The summed E-state index contributed by atoms with van der Waals surface area (Å²) in [6, 6.07) is -0.259. The number of allylic oxidation sites excluding steroid dienone is 1. The molecule has 3 aliphatic heterocycles. The lowest BCUT2D eigenvalue weighted by Gasteiger charge is -2.33. The predicted molar refractivity (Wildman–Crippen MR) is 77.8 cm³/mol. The maximum absolute atomic E-state index is 11.4. The number of nitrogens with zero attached hydrogens (tertiary/aromatic N) is 4. The molecule has 0 saturated carbocycles. The van der Waals surface area contributed by atoms with Crippen LogP contribution in [0, 0.1) is 0 Å². The molecule has 20 heavy (non-hydrogen) atoms. The monoisotopic (exact) mass is 340 g/mol. The third-order valence-electron chi connectivity index (χ3n) is 3.83. The quantitative estimate of drug-likeness (QED) is 0.432. The fourth-order valence-corrected chi connectivity index (χ4v) is 3.28. The highest BCUT2D eigenvalue weighted by molar-refractivity contribution is 9.18. The van der Waals surface area contributed by atoms with E-state index >= 15 is 0 Å². The highest BCUT2D eigenvalue weighted by Crippen LogP contribution is 2.36. The fraction of sp³-hybridized carbons (Fsp3) is 0.417. The molecule has 0 aliphatic carbocycles. The second kappa shape index (κ2) is 4.80. The number of amides is 1. The number of piperidine rings is 1. The van der Waals surface area contributed by atoms with Crippen molar-refractivity contribution in [1.82, 2.24) is 4.90 Å². The van der Waals surface area contributed by atoms with E-state index in [-0.39, 0.29) is 10.6 Å². The summed E-state index contributed by atoms with van der Waals surface area (Å²) in [6.07, 6.45) is 6.68. The van der Waals surface area contributed by atoms with E-state index in [1.807, 2.05) is 0 Å². The number of halogens is 1. The normalized spacial score (nSPS) is 32.4. The van der Waals surface area contributed by atoms with E-state index < -0.39 is 6.09 Å². The van der Waals surface area contributed by atoms with E-state index in [4.69, 9.17) is 5.84 Å². The maximum Gasteiger partial charge on any atom is 0.407 e. The standard InChI is InChI=1S/C12H14BrN5O2/c13-11-16-10(9-7-15-4-6-18(9,11)14)8-3-1-2-5-17(8)12(19)20/h4,6-8H,1-3,5,14H2/p+1. The summed E-state index contributed by atoms with van der Waals surface area (Å²) < 4.78 is 0.462. The molecule has 1 fully saturated rings. The minimum absolute atomic E-state index is 0.0806. The van der Waals surface area contributed by atoms with Gasteiger partial charge in [-0.1, -0.05) is 0 Å². The summed E-state index contributed by atoms with van der Waals surface area (Å²) in [4.78, 5) is 21.4. The van der Waals surface area contributed by atoms with Gasteiger partial charge in [0.1, 0.15) is 11.9 Å². The lowest BCUT2D eigenvalue weighted by Crippen LogP contribution is -2.51. The van der Waals surface area contributed by atoms with E-state index in [1.165, 1.54) is 4.90 Å². The Bertz CT molecular complexity index is 582. The van der Waals surface area contributed by atoms with Gasteiger partial charge >= 0.3 is 10.8 Å². The van der Waals surface area contributed by atoms with Crippen LogP contribution in [-0.2, 0) is 0 Å². The van der Waals surface area contributed by atoms with Crippen LogP contribution in [0.25, 0.3) is 0 Å². The highest BCUT2D eigenvalue weighted by atomic mass is 79.9. The molecule has 106 valence electrons. The molecule has 8 heteroatoms. The largest absolute Gasteiger partial charge is 0.465 e. The van der Waals surface area contributed by atoms with Crippen LogP contribution in [0.3, 0.4) is 0 Å². The van der Waals surface area contributed by atoms with Crippen molar-refractivity contribution in [3.8, 4) is 0 Å². The van der Waals surface area contributed by atoms with Gasteiger partial charge in [-0.05, 0) is 19.3 Å². The number of nitrogens with two attached hydrogens (primary N) is 1. The van der Waals surface area contributed by atoms with Gasteiger partial charge in [0.25, 0.3) is 0 Å². The molecule has 0 aromatic rings. The van der Waals surface area contributed by atoms with Crippen LogP contribution in [-0.4, -0.2) is 44.2 Å². The summed E-state index contributed by atoms with van der Waals surface area (Å²) >= 11 is 3.38. The molecule has 3 N–H and O–H groups in total. The lowest BCUT2D eigenvalue weighted by molar-refractivity contribution is -0.746. The summed E-state index contributed by atoms with van der Waals surface area (Å²) in [7, 11) is 0. The van der Waals surface area contributed by atoms with Gasteiger partial charge in [-0.3, -0.25) is 9.89 Å². The lowest BCUT2D eigenvalue weighted by atomic mass is 9.99. The van der Waals surface area contributed by atoms with Crippen molar-refractivity contribution in [3.05, 3.63) is 23.8 Å². The number of carboxylic acid groups (broad SMARTS) is 1. The van der Waals surface area contributed by atoms with Crippen LogP contribution in [0.1, 0.15) is 19.3 Å². The Balaban J connectivity index is 2.04. The number of quaternary nitrogens is 1. The van der Waals surface area contributed by atoms with Gasteiger partial charge < -0.3 is 5.11 Å². The number of rotatable bonds is 1. The number of carbonyl (C=O) groups is 1. The van der Waals surface area contributed by atoms with Crippen molar-refractivity contribution in [2.24, 2.45) is 15.8 Å². The SMILES string of the molecule is N[N+]12C=CN=CC1=C(C1CCCCN1C(=O)O)N=C2Br. The molecule has 0 aromatic heterocycles. The zero-order chi connectivity index (χ0) is 14.3. The van der Waals surface area contributed by atoms with E-state index in [1.54, 1.807) is 18.6 Å². The van der Waals surface area contributed by atoms with E-state index in [0.717, 1.165) is 25.0 Å². The highest BCUT2D eigenvalue weighted by Gasteiger charge is 2.46. The van der Waals surface area contributed by atoms with Crippen molar-refractivity contribution >= 4 is 33.0 Å². The molecule has 3 heterocycles. The Morgan fingerprint density at radius 2 is 2.35 bits per heavy atom. The number of aliphatic imine (C=N–C) groups is 2. The summed E-state index contributed by atoms with van der Waals surface area (Å²) in [5.41, 5.74) is 1.41. The molecule has 2 atom stereocenters. The van der Waals surface area contributed by atoms with Crippen LogP contribution in [0.4, 0.5) is 4.79 Å². The number of fused-ring (bicyclic) bond motifs is 1. The van der Waals surface area contributed by atoms with Gasteiger partial charge in [0.15, 0.2) is 0 Å². The van der Waals surface area contributed by atoms with Gasteiger partial charge in [0.05, 0.1) is 18.5 Å². The number of amidine groups is 1. The van der Waals surface area contributed by atoms with Crippen LogP contribution in [0.15, 0.2) is 33.8 Å². The van der Waals surface area contributed by atoms with Gasteiger partial charge in [0, 0.05) is 22.5 Å². The average molecular weight is 341 g/mol. The summed E-state index contributed by atoms with van der Waals surface area (Å²) in [5, 5.41) is 9.35. The molecule has 3 aliphatic rings. The topological polar surface area (TPSA) is 91.3 Å². The molecule has 0 spiro atoms. The second-order valence-corrected chi connectivity index (χ2v) is 5.70. The molecule has 3 rings (SSSR count). The fourth-order valence-electron chi connectivity index (χ4n) is 2.78. The van der Waals surface area contributed by atoms with E-state index in [9.17, 15) is 9.90 Å². The van der Waals surface area contributed by atoms with Crippen molar-refractivity contribution in [2.75, 3.05) is 6.54 Å². The van der Waals surface area contributed by atoms with Crippen LogP contribution < -0.4 is 5.84 Å². The molecule has 2 unspecified atom stereocenters. The van der Waals surface area contributed by atoms with Crippen LogP contribution in [0.2, 0.25) is 0 Å². The van der Waals surface area contributed by atoms with E-state index in [2.05, 4.69) is 25.9 Å². The second-order valence-electron chi connectivity index (χ2n) is 4.99. The van der Waals surface area contributed by atoms with Crippen LogP contribution in [0.5, 0.6) is 0 Å². The number of hydrogen-bond acceptors (Lipinski definition) is 4. The average Bonchev–Trinajstić information content (AvgIpc) is 2.71. The zero-order valence-electron chi connectivity index (χ0n) is 10.7. The predicted octanol–water partition coefficient (Wildman–Crippen LogP) is 1.74. The van der Waals surface area contributed by atoms with Gasteiger partial charge in [-0.25, -0.2) is 4.79 Å². The first kappa shape index (κ1) is 13.5. The Kier molecular flexibility index (Phi) is 3.23. The molecule has 7 nitrogen and oxygen atoms in total. The number of hydrogen-bond donors (Lipinski definition) is 2. The molecular formula is C12H15BrN5O2+. The minimum atomic E-state index is -0.917. The molecule has 0 radical (unpaired) electrons. The third kappa shape index (κ3) is 1.91.